The van der Waals surface area contributed by atoms with E-state index in [-0.39, 0.29) is 0 Å². The van der Waals surface area contributed by atoms with Crippen LogP contribution in [0.3, 0.4) is 0 Å². The van der Waals surface area contributed by atoms with Gasteiger partial charge in [-0.3, -0.25) is 4.79 Å². The summed E-state index contributed by atoms with van der Waals surface area (Å²) < 4.78 is 5.12. The van der Waals surface area contributed by atoms with Gasteiger partial charge in [0.1, 0.15) is 0 Å². The van der Waals surface area contributed by atoms with Gasteiger partial charge in [0.2, 0.25) is 0 Å². The number of aromatic nitrogens is 1. The number of hydrogen-bond donors (Lipinski definition) is 0. The van der Waals surface area contributed by atoms with E-state index in [1.165, 1.54) is 17.0 Å². The van der Waals surface area contributed by atoms with Crippen molar-refractivity contribution in [1.29, 1.82) is 0 Å². The number of carbonyl (C=O) groups excluding carboxylic acids is 1. The molecule has 2 heterocycles. The summed E-state index contributed by atoms with van der Waals surface area (Å²) in [5.41, 5.74) is 3.02. The molecule has 1 aliphatic heterocycles. The Bertz CT molecular complexity index is 656. The van der Waals surface area contributed by atoms with Crippen molar-refractivity contribution in [3.8, 4) is 0 Å². The maximum Gasteiger partial charge on any atom is 0.190 e. The summed E-state index contributed by atoms with van der Waals surface area (Å²) in [6.45, 7) is 2.14. The molecule has 0 N–H and O–H groups in total. The number of rotatable bonds is 4. The second-order valence-corrected chi connectivity index (χ2v) is 5.93. The summed E-state index contributed by atoms with van der Waals surface area (Å²) in [6.07, 6.45) is 0.859. The third-order valence-electron chi connectivity index (χ3n) is 3.58. The van der Waals surface area contributed by atoms with Gasteiger partial charge in [-0.25, -0.2) is 4.98 Å². The van der Waals surface area contributed by atoms with Gasteiger partial charge in [-0.2, -0.15) is 0 Å². The number of methoxy groups -OCH3 is 1. The van der Waals surface area contributed by atoms with E-state index >= 15 is 0 Å². The van der Waals surface area contributed by atoms with Crippen LogP contribution in [0.2, 0.25) is 0 Å². The van der Waals surface area contributed by atoms with Gasteiger partial charge in [-0.1, -0.05) is 23.5 Å². The predicted molar refractivity (Wildman–Crippen MR) is 84.9 cm³/mol. The molecule has 0 fully saturated rings. The van der Waals surface area contributed by atoms with Crippen LogP contribution in [0.4, 0.5) is 16.5 Å². The third-order valence-corrected chi connectivity index (χ3v) is 4.62. The molecule has 1 aromatic heterocycles. The number of nitrogens with zero attached hydrogens (tertiary/aromatic N) is 3. The predicted octanol–water partition coefficient (Wildman–Crippen LogP) is 2.69. The maximum absolute atomic E-state index is 11.2. The Balaban J connectivity index is 2.01. The van der Waals surface area contributed by atoms with Crippen LogP contribution in [0.5, 0.6) is 0 Å². The molecule has 0 bridgehead atoms. The number of fused-ring (bicyclic) bond motifs is 1. The average Bonchev–Trinajstić information content (AvgIpc) is 2.91. The number of anilines is 3. The lowest BCUT2D eigenvalue weighted by atomic mass is 10.2. The molecule has 5 nitrogen and oxygen atoms in total. The Labute approximate surface area is 127 Å². The van der Waals surface area contributed by atoms with Crippen LogP contribution in [0.15, 0.2) is 24.3 Å². The quantitative estimate of drug-likeness (QED) is 0.813. The van der Waals surface area contributed by atoms with Crippen LogP contribution >= 0.6 is 11.3 Å². The van der Waals surface area contributed by atoms with Crippen LogP contribution in [-0.4, -0.2) is 38.5 Å². The lowest BCUT2D eigenvalue weighted by molar-refractivity contribution is 0.112. The van der Waals surface area contributed by atoms with Gasteiger partial charge in [-0.05, 0) is 12.1 Å². The molecule has 110 valence electrons. The Hall–Kier alpha value is -1.92. The van der Waals surface area contributed by atoms with Crippen LogP contribution in [0, 0.1) is 0 Å². The van der Waals surface area contributed by atoms with E-state index in [2.05, 4.69) is 34.0 Å². The summed E-state index contributed by atoms with van der Waals surface area (Å²) in [5.74, 6) is 0. The van der Waals surface area contributed by atoms with Crippen molar-refractivity contribution in [3.05, 3.63) is 34.8 Å². The van der Waals surface area contributed by atoms with Gasteiger partial charge in [-0.15, -0.1) is 0 Å². The second-order valence-electron chi connectivity index (χ2n) is 4.92. The fraction of sp³-hybridized carbons (Fsp3) is 0.333. The summed E-state index contributed by atoms with van der Waals surface area (Å²) >= 11 is 1.42. The molecule has 3 rings (SSSR count). The van der Waals surface area contributed by atoms with Crippen LogP contribution < -0.4 is 9.80 Å². The molecule has 0 atom stereocenters. The van der Waals surface area contributed by atoms with Crippen molar-refractivity contribution in [3.63, 3.8) is 0 Å². The highest BCUT2D eigenvalue weighted by Gasteiger charge is 2.24. The van der Waals surface area contributed by atoms with Gasteiger partial charge in [0.15, 0.2) is 11.4 Å². The van der Waals surface area contributed by atoms with Gasteiger partial charge in [0.05, 0.1) is 28.6 Å². The number of thiazole rings is 1. The number of hydrogen-bond acceptors (Lipinski definition) is 6. The van der Waals surface area contributed by atoms with Gasteiger partial charge >= 0.3 is 0 Å². The first-order valence-corrected chi connectivity index (χ1v) is 7.57. The molecule has 0 radical (unpaired) electrons. The van der Waals surface area contributed by atoms with E-state index in [0.29, 0.717) is 17.2 Å². The molecular weight excluding hydrogens is 286 g/mol. The van der Waals surface area contributed by atoms with Crippen LogP contribution in [0.1, 0.15) is 15.4 Å². The first-order valence-electron chi connectivity index (χ1n) is 6.76. The zero-order valence-electron chi connectivity index (χ0n) is 12.1. The average molecular weight is 303 g/mol. The second kappa shape index (κ2) is 5.83. The molecule has 21 heavy (non-hydrogen) atoms. The van der Waals surface area contributed by atoms with E-state index in [9.17, 15) is 4.79 Å². The molecule has 1 aliphatic rings. The monoisotopic (exact) mass is 303 g/mol. The lowest BCUT2D eigenvalue weighted by Crippen LogP contribution is -2.36. The molecule has 6 heteroatoms. The highest BCUT2D eigenvalue weighted by molar-refractivity contribution is 7.17. The summed E-state index contributed by atoms with van der Waals surface area (Å²) in [6, 6.07) is 8.25. The smallest absolute Gasteiger partial charge is 0.190 e. The van der Waals surface area contributed by atoms with Gasteiger partial charge in [0, 0.05) is 27.2 Å². The van der Waals surface area contributed by atoms with Gasteiger partial charge < -0.3 is 14.5 Å². The minimum absolute atomic E-state index is 0.361. The minimum atomic E-state index is 0.361. The summed E-state index contributed by atoms with van der Waals surface area (Å²) in [5, 5.41) is 0.852. The van der Waals surface area contributed by atoms with Crippen molar-refractivity contribution >= 4 is 34.1 Å². The lowest BCUT2D eigenvalue weighted by Gasteiger charge is -2.35. The Kier molecular flexibility index (Phi) is 3.90. The SMILES string of the molecule is COCc1nc(N2CCN(C)c3ccccc32)sc1C=O. The number of aldehydes is 1. The Morgan fingerprint density at radius 3 is 2.81 bits per heavy atom. The third kappa shape index (κ3) is 2.52. The van der Waals surface area contributed by atoms with Crippen molar-refractivity contribution in [2.75, 3.05) is 37.0 Å². The standard InChI is InChI=1S/C15H17N3O2S/c1-17-7-8-18(13-6-4-3-5-12(13)17)15-16-11(10-20-2)14(9-19)21-15/h3-6,9H,7-8,10H2,1-2H3. The Morgan fingerprint density at radius 1 is 1.33 bits per heavy atom. The van der Waals surface area contributed by atoms with Gasteiger partial charge in [0.25, 0.3) is 0 Å². The molecule has 0 spiro atoms. The Morgan fingerprint density at radius 2 is 2.10 bits per heavy atom. The zero-order chi connectivity index (χ0) is 14.8. The molecular formula is C15H17N3O2S. The molecule has 0 aliphatic carbocycles. The van der Waals surface area contributed by atoms with E-state index in [1.807, 2.05) is 12.1 Å². The van der Waals surface area contributed by atoms with Crippen molar-refractivity contribution in [1.82, 2.24) is 4.98 Å². The highest BCUT2D eigenvalue weighted by atomic mass is 32.1. The van der Waals surface area contributed by atoms with E-state index in [1.54, 1.807) is 7.11 Å². The molecule has 0 unspecified atom stereocenters. The number of likely N-dealkylation sites (N-methyl/N-ethyl adjacent to an activating group) is 1. The first-order chi connectivity index (χ1) is 10.2. The number of para-hydroxylation sites is 2. The fourth-order valence-corrected chi connectivity index (χ4v) is 3.43. The molecule has 2 aromatic rings. The van der Waals surface area contributed by atoms with Crippen molar-refractivity contribution in [2.24, 2.45) is 0 Å². The number of carbonyl (C=O) groups is 1. The van der Waals surface area contributed by atoms with Crippen molar-refractivity contribution in [2.45, 2.75) is 6.61 Å². The van der Waals surface area contributed by atoms with Crippen LogP contribution in [0.25, 0.3) is 0 Å². The minimum Gasteiger partial charge on any atom is -0.378 e. The summed E-state index contributed by atoms with van der Waals surface area (Å²) in [7, 11) is 3.70. The molecule has 1 aromatic carbocycles. The molecule has 0 saturated carbocycles. The fourth-order valence-electron chi connectivity index (χ4n) is 2.50. The molecule has 0 saturated heterocycles. The normalized spacial score (nSPS) is 14.2. The first kappa shape index (κ1) is 14.0. The van der Waals surface area contributed by atoms with E-state index in [4.69, 9.17) is 4.74 Å². The summed E-state index contributed by atoms with van der Waals surface area (Å²) in [4.78, 5) is 20.8. The molecule has 0 amide bonds. The van der Waals surface area contributed by atoms with Crippen LogP contribution in [-0.2, 0) is 11.3 Å². The van der Waals surface area contributed by atoms with E-state index < -0.39 is 0 Å². The highest BCUT2D eigenvalue weighted by Crippen LogP contribution is 2.39. The number of benzene rings is 1. The topological polar surface area (TPSA) is 45.7 Å². The maximum atomic E-state index is 11.2. The van der Waals surface area contributed by atoms with E-state index in [0.717, 1.165) is 30.2 Å². The number of ether oxygens (including phenoxy) is 1. The largest absolute Gasteiger partial charge is 0.378 e. The van der Waals surface area contributed by atoms with Crippen molar-refractivity contribution < 1.29 is 9.53 Å². The zero-order valence-corrected chi connectivity index (χ0v) is 12.9.